The molecule has 3 rings (SSSR count). The van der Waals surface area contributed by atoms with Crippen molar-refractivity contribution in [2.75, 3.05) is 0 Å². The molecule has 0 radical (unpaired) electrons. The van der Waals surface area contributed by atoms with E-state index < -0.39 is 11.6 Å². The summed E-state index contributed by atoms with van der Waals surface area (Å²) in [5, 5.41) is 8.04. The molecule has 0 atom stereocenters. The van der Waals surface area contributed by atoms with Gasteiger partial charge >= 0.3 is 5.97 Å². The molecule has 28 heavy (non-hydrogen) atoms. The molecule has 3 aromatic rings. The standard InChI is InChI=1S/C19H17NO.C5H10O2/c20-21-19(16-10-4-1-5-11-16,17-12-6-2-7-13-17)18-14-8-3-9-15-18;1-2-3-4-5(6)7/h1-15H,20H2;2-4H2,1H3,(H,6,7). The van der Waals surface area contributed by atoms with Crippen LogP contribution in [0.4, 0.5) is 0 Å². The quantitative estimate of drug-likeness (QED) is 0.442. The van der Waals surface area contributed by atoms with E-state index in [1.807, 2.05) is 97.9 Å². The molecule has 3 aromatic carbocycles. The van der Waals surface area contributed by atoms with Gasteiger partial charge in [-0.25, -0.2) is 5.90 Å². The highest BCUT2D eigenvalue weighted by Gasteiger charge is 2.37. The Bertz CT molecular complexity index is 724. The summed E-state index contributed by atoms with van der Waals surface area (Å²) in [5.41, 5.74) is 2.21. The maximum absolute atomic E-state index is 9.76. The Morgan fingerprint density at radius 3 is 1.39 bits per heavy atom. The molecule has 0 spiro atoms. The summed E-state index contributed by atoms with van der Waals surface area (Å²) in [6.07, 6.45) is 2.08. The zero-order chi connectivity index (χ0) is 20.2. The summed E-state index contributed by atoms with van der Waals surface area (Å²) in [4.78, 5) is 15.4. The molecule has 0 fully saturated rings. The van der Waals surface area contributed by atoms with Crippen molar-refractivity contribution in [3.63, 3.8) is 0 Å². The largest absolute Gasteiger partial charge is 0.481 e. The van der Waals surface area contributed by atoms with Gasteiger partial charge in [0.2, 0.25) is 0 Å². The minimum absolute atomic E-state index is 0.316. The fraction of sp³-hybridized carbons (Fsp3) is 0.208. The molecule has 0 saturated carbocycles. The number of carboxylic acids is 1. The van der Waals surface area contributed by atoms with Crippen molar-refractivity contribution in [1.29, 1.82) is 0 Å². The molecule has 146 valence electrons. The highest BCUT2D eigenvalue weighted by atomic mass is 16.6. The van der Waals surface area contributed by atoms with E-state index in [4.69, 9.17) is 15.8 Å². The van der Waals surface area contributed by atoms with Gasteiger partial charge in [-0.1, -0.05) is 104 Å². The number of carbonyl (C=O) groups is 1. The lowest BCUT2D eigenvalue weighted by molar-refractivity contribution is -0.137. The normalized spacial score (nSPS) is 10.6. The van der Waals surface area contributed by atoms with E-state index >= 15 is 0 Å². The summed E-state index contributed by atoms with van der Waals surface area (Å²) in [5.74, 6) is 5.11. The van der Waals surface area contributed by atoms with Crippen molar-refractivity contribution < 1.29 is 14.7 Å². The molecule has 3 N–H and O–H groups in total. The Labute approximate surface area is 166 Å². The van der Waals surface area contributed by atoms with Gasteiger partial charge in [-0.2, -0.15) is 0 Å². The number of rotatable bonds is 7. The minimum atomic E-state index is -0.802. The van der Waals surface area contributed by atoms with Crippen LogP contribution in [0.3, 0.4) is 0 Å². The van der Waals surface area contributed by atoms with Crippen molar-refractivity contribution in [3.8, 4) is 0 Å². The van der Waals surface area contributed by atoms with Crippen LogP contribution >= 0.6 is 0 Å². The first-order chi connectivity index (χ1) is 13.6. The average molecular weight is 377 g/mol. The molecule has 0 aliphatic carbocycles. The van der Waals surface area contributed by atoms with Crippen LogP contribution in [0.25, 0.3) is 0 Å². The highest BCUT2D eigenvalue weighted by molar-refractivity contribution is 5.66. The molecular formula is C24H27NO3. The molecule has 4 nitrogen and oxygen atoms in total. The number of aliphatic carboxylic acids is 1. The van der Waals surface area contributed by atoms with Crippen molar-refractivity contribution in [1.82, 2.24) is 0 Å². The SMILES string of the molecule is CCCCC(=O)O.NOC(c1ccccc1)(c1ccccc1)c1ccccc1. The lowest BCUT2D eigenvalue weighted by atomic mass is 9.80. The van der Waals surface area contributed by atoms with Crippen LogP contribution < -0.4 is 5.90 Å². The van der Waals surface area contributed by atoms with Crippen LogP contribution in [0.2, 0.25) is 0 Å². The number of hydrogen-bond acceptors (Lipinski definition) is 3. The van der Waals surface area contributed by atoms with E-state index in [0.717, 1.165) is 29.5 Å². The van der Waals surface area contributed by atoms with Gasteiger partial charge in [0.15, 0.2) is 5.60 Å². The molecule has 0 aliphatic heterocycles. The monoisotopic (exact) mass is 377 g/mol. The van der Waals surface area contributed by atoms with E-state index in [0.29, 0.717) is 6.42 Å². The second-order valence-corrected chi connectivity index (χ2v) is 6.39. The Hall–Kier alpha value is -2.95. The Morgan fingerprint density at radius 1 is 0.821 bits per heavy atom. The molecule has 0 amide bonds. The van der Waals surface area contributed by atoms with Gasteiger partial charge in [0.1, 0.15) is 0 Å². The van der Waals surface area contributed by atoms with E-state index in [2.05, 4.69) is 0 Å². The fourth-order valence-electron chi connectivity index (χ4n) is 3.05. The van der Waals surface area contributed by atoms with Crippen molar-refractivity contribution in [2.24, 2.45) is 5.90 Å². The van der Waals surface area contributed by atoms with Crippen molar-refractivity contribution >= 4 is 5.97 Å². The van der Waals surface area contributed by atoms with Gasteiger partial charge in [-0.05, 0) is 23.1 Å². The highest BCUT2D eigenvalue weighted by Crippen LogP contribution is 2.38. The summed E-state index contributed by atoms with van der Waals surface area (Å²) in [7, 11) is 0. The van der Waals surface area contributed by atoms with Crippen molar-refractivity contribution in [2.45, 2.75) is 31.8 Å². The fourth-order valence-corrected chi connectivity index (χ4v) is 3.05. The Kier molecular flexibility index (Phi) is 8.40. The van der Waals surface area contributed by atoms with Gasteiger partial charge < -0.3 is 5.11 Å². The van der Waals surface area contributed by atoms with Gasteiger partial charge in [-0.3, -0.25) is 9.63 Å². The zero-order valence-corrected chi connectivity index (χ0v) is 16.1. The second kappa shape index (κ2) is 11.0. The molecule has 0 unspecified atom stereocenters. The Balaban J connectivity index is 0.000000345. The van der Waals surface area contributed by atoms with E-state index in [-0.39, 0.29) is 0 Å². The molecule has 0 aromatic heterocycles. The average Bonchev–Trinajstić information content (AvgIpc) is 2.76. The van der Waals surface area contributed by atoms with Crippen LogP contribution in [-0.2, 0) is 15.2 Å². The van der Waals surface area contributed by atoms with Crippen LogP contribution in [0.5, 0.6) is 0 Å². The van der Waals surface area contributed by atoms with Gasteiger partial charge in [0.25, 0.3) is 0 Å². The van der Waals surface area contributed by atoms with Crippen LogP contribution in [0.15, 0.2) is 91.0 Å². The van der Waals surface area contributed by atoms with Crippen LogP contribution in [0, 0.1) is 0 Å². The third-order valence-corrected chi connectivity index (χ3v) is 4.46. The van der Waals surface area contributed by atoms with E-state index in [1.165, 1.54) is 0 Å². The number of benzene rings is 3. The van der Waals surface area contributed by atoms with E-state index in [1.54, 1.807) is 0 Å². The van der Waals surface area contributed by atoms with Gasteiger partial charge in [0.05, 0.1) is 0 Å². The predicted molar refractivity (Wildman–Crippen MR) is 112 cm³/mol. The first kappa shape index (κ1) is 21.4. The third kappa shape index (κ3) is 5.28. The van der Waals surface area contributed by atoms with Gasteiger partial charge in [0, 0.05) is 6.42 Å². The molecule has 0 heterocycles. The number of nitrogens with two attached hydrogens (primary N) is 1. The number of unbranched alkanes of at least 4 members (excludes halogenated alkanes) is 1. The first-order valence-corrected chi connectivity index (χ1v) is 9.41. The summed E-state index contributed by atoms with van der Waals surface area (Å²) < 4.78 is 0. The number of hydrogen-bond donors (Lipinski definition) is 2. The summed E-state index contributed by atoms with van der Waals surface area (Å²) >= 11 is 0. The maximum atomic E-state index is 9.76. The third-order valence-electron chi connectivity index (χ3n) is 4.46. The second-order valence-electron chi connectivity index (χ2n) is 6.39. The van der Waals surface area contributed by atoms with Crippen LogP contribution in [-0.4, -0.2) is 11.1 Å². The summed E-state index contributed by atoms with van der Waals surface area (Å²) in [6.45, 7) is 1.98. The lowest BCUT2D eigenvalue weighted by Gasteiger charge is -2.33. The topological polar surface area (TPSA) is 72.5 Å². The lowest BCUT2D eigenvalue weighted by Crippen LogP contribution is -2.35. The molecule has 0 aliphatic rings. The maximum Gasteiger partial charge on any atom is 0.303 e. The zero-order valence-electron chi connectivity index (χ0n) is 16.1. The first-order valence-electron chi connectivity index (χ1n) is 9.41. The molecule has 0 bridgehead atoms. The minimum Gasteiger partial charge on any atom is -0.481 e. The van der Waals surface area contributed by atoms with Crippen LogP contribution in [0.1, 0.15) is 42.9 Å². The molecule has 0 saturated heterocycles. The predicted octanol–water partition coefficient (Wildman–Crippen LogP) is 5.13. The summed E-state index contributed by atoms with van der Waals surface area (Å²) in [6, 6.07) is 30.1. The smallest absolute Gasteiger partial charge is 0.303 e. The Morgan fingerprint density at radius 2 is 1.18 bits per heavy atom. The van der Waals surface area contributed by atoms with Crippen molar-refractivity contribution in [3.05, 3.63) is 108 Å². The van der Waals surface area contributed by atoms with E-state index in [9.17, 15) is 4.79 Å². The van der Waals surface area contributed by atoms with Gasteiger partial charge in [-0.15, -0.1) is 0 Å². The molecule has 4 heteroatoms. The molecular weight excluding hydrogens is 350 g/mol. The number of carboxylic acid groups (broad SMARTS) is 1.